The Morgan fingerprint density at radius 2 is 0.593 bits per heavy atom. The van der Waals surface area contributed by atoms with Gasteiger partial charge in [0.1, 0.15) is 0 Å². The highest BCUT2D eigenvalue weighted by Crippen LogP contribution is 2.53. The van der Waals surface area contributed by atoms with Gasteiger partial charge in [-0.3, -0.25) is 0 Å². The molecule has 582 valence electrons. The Kier molecular flexibility index (Phi) is 14.1. The average molecular weight is 1550 g/mol. The number of hydrogen-bond donors (Lipinski definition) is 0. The minimum atomic E-state index is -0.811. The number of rotatable bonds is 11. The van der Waals surface area contributed by atoms with Crippen molar-refractivity contribution in [2.75, 3.05) is 9.80 Å². The van der Waals surface area contributed by atoms with Crippen molar-refractivity contribution in [3.05, 3.63) is 324 Å². The van der Waals surface area contributed by atoms with Crippen molar-refractivity contribution in [2.45, 2.75) is 157 Å². The molecule has 2 aliphatic rings. The lowest BCUT2D eigenvalue weighted by Gasteiger charge is -2.45. The SMILES string of the molecule is [2H]c1c([2H])c([2H])c(-c2nc(-c3cc(C(C)(C)C)ccc3N3c4cc(-c5cc(C(C)(C)C)cc(C(C)(C)C)c5)ccc4B4c5ccc(-n6c7c([2H])c([2H])c([2H])c([2H])c7c7c([2H])c([2H])c([2H])c([2H])c76)cc5N(c5ccc(C(C)(C)C)cc5-c5nc(-c6ccccc6)nc(-c6ccccc6)n5)c5cc(-c6cc(C(C)(C)C)cc(C(C)(C)C)c6)cc3c54)nc(-c3c([2H])c([2H])c([2H])c([2H])c3[2H])n2)c([2H])c1[2H]. The van der Waals surface area contributed by atoms with Gasteiger partial charge in [-0.05, 0) is 171 Å². The summed E-state index contributed by atoms with van der Waals surface area (Å²) in [6.07, 6.45) is 0. The second-order valence-corrected chi connectivity index (χ2v) is 37.2. The van der Waals surface area contributed by atoms with Crippen molar-refractivity contribution in [1.29, 1.82) is 0 Å². The molecule has 0 N–H and O–H groups in total. The average Bonchev–Trinajstić information content (AvgIpc) is 1.16. The van der Waals surface area contributed by atoms with Crippen LogP contribution in [0, 0.1) is 0 Å². The number of para-hydroxylation sites is 2. The third-order valence-corrected chi connectivity index (χ3v) is 22.8. The summed E-state index contributed by atoms with van der Waals surface area (Å²) in [5.41, 5.74) is 13.3. The zero-order chi connectivity index (χ0) is 97.9. The number of anilines is 6. The van der Waals surface area contributed by atoms with Crippen LogP contribution in [0.25, 0.3) is 118 Å². The first-order valence-electron chi connectivity index (χ1n) is 49.2. The van der Waals surface area contributed by atoms with Crippen molar-refractivity contribution >= 4 is 79.0 Å². The molecule has 2 aliphatic heterocycles. The summed E-state index contributed by atoms with van der Waals surface area (Å²) in [7, 11) is 0. The molecule has 0 aliphatic carbocycles. The Balaban J connectivity index is 1.07. The second-order valence-electron chi connectivity index (χ2n) is 37.2. The lowest BCUT2D eigenvalue weighted by atomic mass is 9.33. The van der Waals surface area contributed by atoms with E-state index in [2.05, 4.69) is 219 Å². The molecule has 0 fully saturated rings. The van der Waals surface area contributed by atoms with Crippen LogP contribution in [0.4, 0.5) is 34.1 Å². The zero-order valence-corrected chi connectivity index (χ0v) is 69.9. The molecule has 0 atom stereocenters. The van der Waals surface area contributed by atoms with Gasteiger partial charge in [-0.2, -0.15) is 0 Å². The fourth-order valence-corrected chi connectivity index (χ4v) is 16.1. The van der Waals surface area contributed by atoms with E-state index < -0.39 is 160 Å². The van der Waals surface area contributed by atoms with E-state index in [1.807, 2.05) is 97.1 Å². The molecule has 18 rings (SSSR count). The van der Waals surface area contributed by atoms with E-state index in [0.29, 0.717) is 73.5 Å². The first kappa shape index (κ1) is 58.2. The Morgan fingerprint density at radius 1 is 0.254 bits per heavy atom. The van der Waals surface area contributed by atoms with Gasteiger partial charge in [0.05, 0.1) is 47.1 Å². The van der Waals surface area contributed by atoms with Crippen LogP contribution in [-0.2, 0) is 32.5 Å². The van der Waals surface area contributed by atoms with E-state index in [1.54, 1.807) is 4.57 Å². The van der Waals surface area contributed by atoms with E-state index in [1.165, 1.54) is 0 Å². The maximum Gasteiger partial charge on any atom is 0.252 e. The maximum atomic E-state index is 10.00. The third kappa shape index (κ3) is 14.1. The molecule has 0 spiro atoms. The molecule has 5 heterocycles. The van der Waals surface area contributed by atoms with E-state index in [4.69, 9.17) is 38.1 Å². The van der Waals surface area contributed by atoms with Gasteiger partial charge in [0.2, 0.25) is 0 Å². The molecule has 9 nitrogen and oxygen atoms in total. The van der Waals surface area contributed by atoms with Crippen LogP contribution in [-0.4, -0.2) is 41.2 Å². The Morgan fingerprint density at radius 3 is 1.00 bits per heavy atom. The molecular formula is C108H102BN9. The highest BCUT2D eigenvalue weighted by atomic mass is 15.2. The predicted molar refractivity (Wildman–Crippen MR) is 497 cm³/mol. The Bertz CT molecular complexity index is 7450. The van der Waals surface area contributed by atoms with E-state index in [0.717, 1.165) is 61.0 Å². The summed E-state index contributed by atoms with van der Waals surface area (Å²) in [6.45, 7) is 38.1. The van der Waals surface area contributed by atoms with Crippen LogP contribution in [0.5, 0.6) is 0 Å². The van der Waals surface area contributed by atoms with Crippen LogP contribution in [0.1, 0.15) is 183 Å². The highest BCUT2D eigenvalue weighted by molar-refractivity contribution is 7.00. The van der Waals surface area contributed by atoms with E-state index in [9.17, 15) is 16.4 Å². The van der Waals surface area contributed by atoms with Crippen LogP contribution in [0.2, 0.25) is 0 Å². The minimum Gasteiger partial charge on any atom is -0.311 e. The fraction of sp³-hybridized carbons (Fsp3) is 0.222. The topological polar surface area (TPSA) is 88.8 Å². The molecule has 118 heavy (non-hydrogen) atoms. The fourth-order valence-electron chi connectivity index (χ4n) is 16.1. The van der Waals surface area contributed by atoms with Gasteiger partial charge < -0.3 is 14.4 Å². The van der Waals surface area contributed by atoms with Crippen molar-refractivity contribution in [3.8, 4) is 96.3 Å². The van der Waals surface area contributed by atoms with Gasteiger partial charge in [0.15, 0.2) is 34.9 Å². The third-order valence-electron chi connectivity index (χ3n) is 22.8. The Hall–Kier alpha value is -12.7. The highest BCUT2D eigenvalue weighted by Gasteiger charge is 2.46. The van der Waals surface area contributed by atoms with Crippen molar-refractivity contribution in [2.24, 2.45) is 0 Å². The molecule has 0 saturated heterocycles. The molecule has 10 heteroatoms. The van der Waals surface area contributed by atoms with Gasteiger partial charge >= 0.3 is 0 Å². The number of aromatic nitrogens is 7. The monoisotopic (exact) mass is 1550 g/mol. The number of benzene rings is 13. The number of hydrogen-bond acceptors (Lipinski definition) is 8. The smallest absolute Gasteiger partial charge is 0.252 e. The lowest BCUT2D eigenvalue weighted by Crippen LogP contribution is -2.61. The van der Waals surface area contributed by atoms with Crippen LogP contribution >= 0.6 is 0 Å². The molecule has 3 aromatic heterocycles. The van der Waals surface area contributed by atoms with E-state index in [-0.39, 0.29) is 55.5 Å². The molecule has 0 amide bonds. The van der Waals surface area contributed by atoms with Gasteiger partial charge in [0.25, 0.3) is 6.71 Å². The first-order valence-corrected chi connectivity index (χ1v) is 40.2. The standard InChI is InChI=1S/C108H102BN9/c1-103(2,3)75-48-53-90(84(64-75)101-112-97(67-35-23-19-24-36-67)110-98(113-101)68-37-25-20-26-38-68)117-92-59-71(72-55-77(105(7,8)9)62-78(56-72)106(10,11)12)47-51-86(92)109-87-52-50-81(116-88-45-33-31-43-82(88)83-44-32-34-46-89(83)116)66-93(87)118(95-61-74(60-94(117)96(95)109)73-57-79(107(13,14)15)63-80(58-73)108(16,17)18)91-54-49-76(104(4,5)6)65-85(91)102-114-99(69-39-27-21-28-40-69)111-100(115-102)70-41-29-22-30-42-70/h19-66H,1-18H3/i19D,20D,23D,24D,25D,26D,31D,32D,33D,34D,35D,36D,37D,38D,43D,44D,45D,46D. The summed E-state index contributed by atoms with van der Waals surface area (Å²) in [5, 5.41) is -0.204. The van der Waals surface area contributed by atoms with Crippen molar-refractivity contribution < 1.29 is 24.7 Å². The van der Waals surface area contributed by atoms with Crippen molar-refractivity contribution in [3.63, 3.8) is 0 Å². The summed E-state index contributed by atoms with van der Waals surface area (Å²) in [4.78, 5) is 36.2. The van der Waals surface area contributed by atoms with Crippen LogP contribution in [0.15, 0.2) is 291 Å². The quantitative estimate of drug-likeness (QED) is 0.118. The minimum absolute atomic E-state index is 0.0837. The van der Waals surface area contributed by atoms with Gasteiger partial charge in [-0.15, -0.1) is 0 Å². The summed E-state index contributed by atoms with van der Waals surface area (Å²) < 4.78 is 171. The Labute approximate surface area is 722 Å². The summed E-state index contributed by atoms with van der Waals surface area (Å²) >= 11 is 0. The zero-order valence-electron chi connectivity index (χ0n) is 87.9. The molecule has 0 radical (unpaired) electrons. The number of fused-ring (bicyclic) bond motifs is 7. The molecule has 16 aromatic rings. The largest absolute Gasteiger partial charge is 0.311 e. The lowest BCUT2D eigenvalue weighted by molar-refractivity contribution is 0.568. The van der Waals surface area contributed by atoms with E-state index >= 15 is 0 Å². The predicted octanol–water partition coefficient (Wildman–Crippen LogP) is 26.4. The van der Waals surface area contributed by atoms with Gasteiger partial charge in [-0.1, -0.05) is 349 Å². The van der Waals surface area contributed by atoms with Gasteiger partial charge in [-0.25, -0.2) is 29.9 Å². The summed E-state index contributed by atoms with van der Waals surface area (Å²) in [6, 6.07) is 50.7. The molecule has 13 aromatic carbocycles. The molecule has 0 bridgehead atoms. The molecule has 0 unspecified atom stereocenters. The van der Waals surface area contributed by atoms with Crippen LogP contribution < -0.4 is 26.2 Å². The summed E-state index contributed by atoms with van der Waals surface area (Å²) in [5.74, 6) is -0.0306. The maximum absolute atomic E-state index is 10.00. The van der Waals surface area contributed by atoms with Crippen LogP contribution in [0.3, 0.4) is 0 Å². The first-order chi connectivity index (χ1) is 63.7. The normalized spacial score (nSPS) is 15.3. The molecule has 0 saturated carbocycles. The van der Waals surface area contributed by atoms with Gasteiger partial charge in [0, 0.05) is 72.6 Å². The molecular weight excluding hydrogens is 1430 g/mol. The second kappa shape index (κ2) is 28.6. The van der Waals surface area contributed by atoms with Crippen molar-refractivity contribution in [1.82, 2.24) is 34.5 Å². The number of nitrogens with zero attached hydrogens (tertiary/aromatic N) is 9.